The van der Waals surface area contributed by atoms with Gasteiger partial charge in [-0.3, -0.25) is 4.84 Å². The van der Waals surface area contributed by atoms with Crippen LogP contribution >= 0.6 is 0 Å². The zero-order valence-corrected chi connectivity index (χ0v) is 8.66. The second-order valence-electron chi connectivity index (χ2n) is 2.92. The van der Waals surface area contributed by atoms with Gasteiger partial charge in [-0.25, -0.2) is 5.90 Å². The Bertz CT molecular complexity index is 312. The molecule has 0 aliphatic carbocycles. The molecule has 0 aliphatic rings. The van der Waals surface area contributed by atoms with Crippen molar-refractivity contribution in [1.82, 2.24) is 0 Å². The first-order valence-corrected chi connectivity index (χ1v) is 4.26. The molecule has 0 fully saturated rings. The highest BCUT2D eigenvalue weighted by Gasteiger charge is 2.12. The van der Waals surface area contributed by atoms with Crippen molar-refractivity contribution < 1.29 is 14.3 Å². The van der Waals surface area contributed by atoms with E-state index in [4.69, 9.17) is 15.4 Å². The molecule has 78 valence electrons. The maximum atomic E-state index is 5.24. The first-order valence-electron chi connectivity index (χ1n) is 4.26. The summed E-state index contributed by atoms with van der Waals surface area (Å²) in [7, 11) is 3.20. The molecular formula is C10H15NO3. The van der Waals surface area contributed by atoms with Gasteiger partial charge in [-0.15, -0.1) is 0 Å². The Balaban J connectivity index is 3.18. The Labute approximate surface area is 83.5 Å². The summed E-state index contributed by atoms with van der Waals surface area (Å²) in [5.74, 6) is 6.42. The van der Waals surface area contributed by atoms with Gasteiger partial charge in [0.05, 0.1) is 20.8 Å². The van der Waals surface area contributed by atoms with Crippen molar-refractivity contribution >= 4 is 0 Å². The third-order valence-corrected chi connectivity index (χ3v) is 2.04. The molecule has 2 N–H and O–H groups in total. The van der Waals surface area contributed by atoms with E-state index in [2.05, 4.69) is 4.84 Å². The van der Waals surface area contributed by atoms with Crippen LogP contribution in [0.2, 0.25) is 0 Å². The van der Waals surface area contributed by atoms with Crippen LogP contribution in [-0.4, -0.2) is 14.2 Å². The van der Waals surface area contributed by atoms with Crippen LogP contribution in [0.4, 0.5) is 0 Å². The summed E-state index contributed by atoms with van der Waals surface area (Å²) in [6.45, 7) is 2.26. The Hall–Kier alpha value is -1.26. The fraction of sp³-hybridized carbons (Fsp3) is 0.400. The Kier molecular flexibility index (Phi) is 3.73. The van der Waals surface area contributed by atoms with E-state index >= 15 is 0 Å². The Morgan fingerprint density at radius 2 is 1.79 bits per heavy atom. The second kappa shape index (κ2) is 4.83. The molecule has 0 spiro atoms. The molecular weight excluding hydrogens is 182 g/mol. The molecule has 0 saturated carbocycles. The van der Waals surface area contributed by atoms with E-state index in [1.165, 1.54) is 0 Å². The first-order chi connectivity index (χ1) is 6.74. The highest BCUT2D eigenvalue weighted by Crippen LogP contribution is 2.34. The predicted octanol–water partition coefficient (Wildman–Crippen LogP) is 1.40. The number of ether oxygens (including phenoxy) is 2. The average molecular weight is 197 g/mol. The topological polar surface area (TPSA) is 53.7 Å². The maximum Gasteiger partial charge on any atom is 0.166 e. The molecule has 14 heavy (non-hydrogen) atoms. The molecule has 4 nitrogen and oxygen atoms in total. The molecule has 1 aromatic rings. The van der Waals surface area contributed by atoms with E-state index < -0.39 is 0 Å². The van der Waals surface area contributed by atoms with Crippen LogP contribution in [0.3, 0.4) is 0 Å². The van der Waals surface area contributed by atoms with Gasteiger partial charge in [-0.2, -0.15) is 0 Å². The molecule has 0 aliphatic heterocycles. The molecule has 4 heteroatoms. The molecule has 0 unspecified atom stereocenters. The lowest BCUT2D eigenvalue weighted by molar-refractivity contribution is 0.121. The largest absolute Gasteiger partial charge is 0.493 e. The second-order valence-corrected chi connectivity index (χ2v) is 2.92. The Morgan fingerprint density at radius 1 is 1.14 bits per heavy atom. The summed E-state index contributed by atoms with van der Waals surface area (Å²) >= 11 is 0. The highest BCUT2D eigenvalue weighted by molar-refractivity contribution is 5.51. The molecule has 0 radical (unpaired) electrons. The molecule has 0 aromatic heterocycles. The number of hydrogen-bond donors (Lipinski definition) is 1. The van der Waals surface area contributed by atoms with Gasteiger partial charge < -0.3 is 9.47 Å². The lowest BCUT2D eigenvalue weighted by atomic mass is 10.1. The minimum Gasteiger partial charge on any atom is -0.493 e. The van der Waals surface area contributed by atoms with E-state index in [9.17, 15) is 0 Å². The lowest BCUT2D eigenvalue weighted by Crippen LogP contribution is -2.03. The molecule has 0 heterocycles. The minimum absolute atomic E-state index is 0.305. The third kappa shape index (κ3) is 1.97. The zero-order valence-electron chi connectivity index (χ0n) is 8.66. The van der Waals surface area contributed by atoms with Crippen LogP contribution in [0.1, 0.15) is 11.1 Å². The molecule has 0 amide bonds. The van der Waals surface area contributed by atoms with Crippen molar-refractivity contribution in [2.24, 2.45) is 5.90 Å². The Morgan fingerprint density at radius 3 is 2.29 bits per heavy atom. The summed E-state index contributed by atoms with van der Waals surface area (Å²) in [5, 5.41) is 0. The van der Waals surface area contributed by atoms with E-state index in [0.717, 1.165) is 16.9 Å². The maximum absolute atomic E-state index is 5.24. The molecule has 1 rings (SSSR count). The monoisotopic (exact) mass is 197 g/mol. The van der Waals surface area contributed by atoms with Crippen molar-refractivity contribution in [3.05, 3.63) is 23.3 Å². The summed E-state index contributed by atoms with van der Waals surface area (Å²) in [4.78, 5) is 4.57. The molecule has 1 aromatic carbocycles. The number of hydrogen-bond acceptors (Lipinski definition) is 4. The predicted molar refractivity (Wildman–Crippen MR) is 53.3 cm³/mol. The van der Waals surface area contributed by atoms with Gasteiger partial charge in [0.15, 0.2) is 11.5 Å². The smallest absolute Gasteiger partial charge is 0.166 e. The van der Waals surface area contributed by atoms with Crippen molar-refractivity contribution in [3.63, 3.8) is 0 Å². The van der Waals surface area contributed by atoms with Crippen LogP contribution < -0.4 is 15.4 Å². The quantitative estimate of drug-likeness (QED) is 0.741. The zero-order chi connectivity index (χ0) is 10.6. The van der Waals surface area contributed by atoms with E-state index in [0.29, 0.717) is 12.4 Å². The third-order valence-electron chi connectivity index (χ3n) is 2.04. The standard InChI is InChI=1S/C10H15NO3/c1-7-4-5-8(6-14-11)10(13-3)9(7)12-2/h4-5H,6,11H2,1-3H3. The van der Waals surface area contributed by atoms with Crippen LogP contribution in [0, 0.1) is 6.92 Å². The molecule has 0 bridgehead atoms. The number of rotatable bonds is 4. The fourth-order valence-electron chi connectivity index (χ4n) is 1.38. The van der Waals surface area contributed by atoms with Gasteiger partial charge in [0.2, 0.25) is 0 Å². The van der Waals surface area contributed by atoms with Gasteiger partial charge >= 0.3 is 0 Å². The van der Waals surface area contributed by atoms with Crippen LogP contribution in [0.5, 0.6) is 11.5 Å². The van der Waals surface area contributed by atoms with Gasteiger partial charge in [0.1, 0.15) is 0 Å². The lowest BCUT2D eigenvalue weighted by Gasteiger charge is -2.13. The number of benzene rings is 1. The van der Waals surface area contributed by atoms with Crippen LogP contribution in [-0.2, 0) is 11.4 Å². The normalized spacial score (nSPS) is 10.0. The number of methoxy groups -OCH3 is 2. The summed E-state index contributed by atoms with van der Waals surface area (Å²) in [6, 6.07) is 3.85. The van der Waals surface area contributed by atoms with Crippen molar-refractivity contribution in [2.75, 3.05) is 14.2 Å². The van der Waals surface area contributed by atoms with Crippen molar-refractivity contribution in [3.8, 4) is 11.5 Å². The SMILES string of the molecule is COc1c(C)ccc(CON)c1OC. The highest BCUT2D eigenvalue weighted by atomic mass is 16.6. The van der Waals surface area contributed by atoms with E-state index in [1.807, 2.05) is 19.1 Å². The van der Waals surface area contributed by atoms with Crippen molar-refractivity contribution in [2.45, 2.75) is 13.5 Å². The number of aryl methyl sites for hydroxylation is 1. The van der Waals surface area contributed by atoms with E-state index in [1.54, 1.807) is 14.2 Å². The van der Waals surface area contributed by atoms with Gasteiger partial charge in [0, 0.05) is 5.56 Å². The first kappa shape index (κ1) is 10.8. The summed E-state index contributed by atoms with van der Waals surface area (Å²) < 4.78 is 10.5. The van der Waals surface area contributed by atoms with Crippen LogP contribution in [0.15, 0.2) is 12.1 Å². The molecule has 0 atom stereocenters. The average Bonchev–Trinajstić information content (AvgIpc) is 2.20. The van der Waals surface area contributed by atoms with E-state index in [-0.39, 0.29) is 0 Å². The van der Waals surface area contributed by atoms with Gasteiger partial charge in [-0.1, -0.05) is 12.1 Å². The number of nitrogens with two attached hydrogens (primary N) is 1. The summed E-state index contributed by atoms with van der Waals surface area (Å²) in [6.07, 6.45) is 0. The van der Waals surface area contributed by atoms with Crippen LogP contribution in [0.25, 0.3) is 0 Å². The van der Waals surface area contributed by atoms with Crippen molar-refractivity contribution in [1.29, 1.82) is 0 Å². The van der Waals surface area contributed by atoms with Gasteiger partial charge in [-0.05, 0) is 12.5 Å². The minimum atomic E-state index is 0.305. The van der Waals surface area contributed by atoms with Gasteiger partial charge in [0.25, 0.3) is 0 Å². The summed E-state index contributed by atoms with van der Waals surface area (Å²) in [5.41, 5.74) is 1.89. The molecule has 0 saturated heterocycles. The fourth-order valence-corrected chi connectivity index (χ4v) is 1.38.